The van der Waals surface area contributed by atoms with Crippen LogP contribution in [0.4, 0.5) is 10.1 Å². The number of nitrogens with two attached hydrogens (primary N) is 1. The van der Waals surface area contributed by atoms with Crippen molar-refractivity contribution >= 4 is 31.6 Å². The Morgan fingerprint density at radius 3 is 2.75 bits per heavy atom. The Bertz CT molecular complexity index is 717. The summed E-state index contributed by atoms with van der Waals surface area (Å²) in [7, 11) is -2.61. The number of nitrogens with zero attached hydrogens (tertiary/aromatic N) is 1. The molecule has 2 N–H and O–H groups in total. The van der Waals surface area contributed by atoms with Gasteiger partial charge in [0.05, 0.1) is 12.5 Å². The monoisotopic (exact) mass is 362 g/mol. The molecule has 108 valence electrons. The fourth-order valence-electron chi connectivity index (χ4n) is 1.64. The molecule has 0 saturated heterocycles. The van der Waals surface area contributed by atoms with Crippen LogP contribution in [0.15, 0.2) is 44.5 Å². The molecule has 5 nitrogen and oxygen atoms in total. The summed E-state index contributed by atoms with van der Waals surface area (Å²) in [6.07, 6.45) is 2.87. The van der Waals surface area contributed by atoms with Crippen molar-refractivity contribution in [3.8, 4) is 0 Å². The van der Waals surface area contributed by atoms with Crippen molar-refractivity contribution in [3.05, 3.63) is 46.6 Å². The van der Waals surface area contributed by atoms with Gasteiger partial charge in [-0.05, 0) is 34.1 Å². The minimum absolute atomic E-state index is 0.0776. The Balaban J connectivity index is 2.37. The standard InChI is InChI=1S/C12H12BrFN2O3S/c1-16(6-8-2-3-19-7-8)20(17,18)12-5-11(15)9(13)4-10(12)14/h2-5,7H,6,15H2,1H3. The van der Waals surface area contributed by atoms with E-state index in [1.807, 2.05) is 0 Å². The molecule has 20 heavy (non-hydrogen) atoms. The molecule has 0 fully saturated rings. The van der Waals surface area contributed by atoms with Crippen molar-refractivity contribution in [3.63, 3.8) is 0 Å². The average molecular weight is 363 g/mol. The fraction of sp³-hybridized carbons (Fsp3) is 0.167. The molecule has 0 spiro atoms. The van der Waals surface area contributed by atoms with Crippen LogP contribution in [-0.2, 0) is 16.6 Å². The van der Waals surface area contributed by atoms with E-state index >= 15 is 0 Å². The summed E-state index contributed by atoms with van der Waals surface area (Å²) in [6.45, 7) is 0.0776. The van der Waals surface area contributed by atoms with Gasteiger partial charge in [-0.15, -0.1) is 0 Å². The van der Waals surface area contributed by atoms with E-state index in [2.05, 4.69) is 15.9 Å². The third kappa shape index (κ3) is 2.87. The molecule has 2 aromatic rings. The molecule has 0 saturated carbocycles. The van der Waals surface area contributed by atoms with Gasteiger partial charge in [0.15, 0.2) is 0 Å². The van der Waals surface area contributed by atoms with Crippen molar-refractivity contribution in [2.24, 2.45) is 0 Å². The second kappa shape index (κ2) is 5.55. The summed E-state index contributed by atoms with van der Waals surface area (Å²) < 4.78 is 44.7. The smallest absolute Gasteiger partial charge is 0.246 e. The van der Waals surface area contributed by atoms with Gasteiger partial charge in [-0.25, -0.2) is 12.8 Å². The lowest BCUT2D eigenvalue weighted by Crippen LogP contribution is -2.27. The Morgan fingerprint density at radius 1 is 1.45 bits per heavy atom. The largest absolute Gasteiger partial charge is 0.472 e. The number of nitrogen functional groups attached to an aromatic ring is 1. The Kier molecular flexibility index (Phi) is 4.17. The highest BCUT2D eigenvalue weighted by atomic mass is 79.9. The van der Waals surface area contributed by atoms with Crippen molar-refractivity contribution in [1.82, 2.24) is 4.31 Å². The SMILES string of the molecule is CN(Cc1ccoc1)S(=O)(=O)c1cc(N)c(Br)cc1F. The van der Waals surface area contributed by atoms with Gasteiger partial charge in [0.1, 0.15) is 10.7 Å². The Hall–Kier alpha value is -1.38. The Labute approximate surface area is 124 Å². The van der Waals surface area contributed by atoms with Crippen LogP contribution < -0.4 is 5.73 Å². The molecule has 1 heterocycles. The number of hydrogen-bond donors (Lipinski definition) is 1. The lowest BCUT2D eigenvalue weighted by atomic mass is 10.3. The summed E-state index contributed by atoms with van der Waals surface area (Å²) in [5.41, 5.74) is 6.43. The molecule has 0 unspecified atom stereocenters. The number of rotatable bonds is 4. The van der Waals surface area contributed by atoms with Crippen molar-refractivity contribution in [2.75, 3.05) is 12.8 Å². The van der Waals surface area contributed by atoms with Crippen LogP contribution in [0.1, 0.15) is 5.56 Å². The van der Waals surface area contributed by atoms with Gasteiger partial charge < -0.3 is 10.2 Å². The number of sulfonamides is 1. The number of hydrogen-bond acceptors (Lipinski definition) is 4. The molecule has 8 heteroatoms. The maximum atomic E-state index is 13.9. The minimum Gasteiger partial charge on any atom is -0.472 e. The summed E-state index contributed by atoms with van der Waals surface area (Å²) in [4.78, 5) is -0.454. The maximum absolute atomic E-state index is 13.9. The van der Waals surface area contributed by atoms with Crippen LogP contribution in [0.25, 0.3) is 0 Å². The maximum Gasteiger partial charge on any atom is 0.246 e. The van der Waals surface area contributed by atoms with Crippen LogP contribution >= 0.6 is 15.9 Å². The van der Waals surface area contributed by atoms with Crippen molar-refractivity contribution in [1.29, 1.82) is 0 Å². The molecule has 0 aliphatic rings. The first-order chi connectivity index (χ1) is 9.32. The van der Waals surface area contributed by atoms with Gasteiger partial charge in [-0.1, -0.05) is 0 Å². The second-order valence-electron chi connectivity index (χ2n) is 4.20. The normalized spacial score (nSPS) is 12.0. The molecule has 0 radical (unpaired) electrons. The van der Waals surface area contributed by atoms with E-state index in [1.54, 1.807) is 6.07 Å². The third-order valence-electron chi connectivity index (χ3n) is 2.72. The van der Waals surface area contributed by atoms with E-state index in [9.17, 15) is 12.8 Å². The highest BCUT2D eigenvalue weighted by Crippen LogP contribution is 2.28. The third-order valence-corrected chi connectivity index (χ3v) is 5.23. The highest BCUT2D eigenvalue weighted by Gasteiger charge is 2.25. The molecular formula is C12H12BrFN2O3S. The summed E-state index contributed by atoms with van der Waals surface area (Å²) in [5.74, 6) is -0.856. The van der Waals surface area contributed by atoms with Crippen molar-refractivity contribution in [2.45, 2.75) is 11.4 Å². The van der Waals surface area contributed by atoms with Crippen LogP contribution in [0.3, 0.4) is 0 Å². The molecule has 0 atom stereocenters. The first-order valence-electron chi connectivity index (χ1n) is 5.54. The summed E-state index contributed by atoms with van der Waals surface area (Å²) >= 11 is 3.05. The zero-order chi connectivity index (χ0) is 14.9. The first-order valence-corrected chi connectivity index (χ1v) is 7.77. The van der Waals surface area contributed by atoms with E-state index in [1.165, 1.54) is 19.6 Å². The van der Waals surface area contributed by atoms with E-state index in [0.29, 0.717) is 10.0 Å². The van der Waals surface area contributed by atoms with Crippen LogP contribution in [0.5, 0.6) is 0 Å². The minimum atomic E-state index is -3.97. The van der Waals surface area contributed by atoms with Crippen LogP contribution in [0.2, 0.25) is 0 Å². The summed E-state index contributed by atoms with van der Waals surface area (Å²) in [5, 5.41) is 0. The zero-order valence-corrected chi connectivity index (χ0v) is 12.9. The first kappa shape index (κ1) is 15.0. The lowest BCUT2D eigenvalue weighted by molar-refractivity contribution is 0.457. The van der Waals surface area contributed by atoms with Gasteiger partial charge in [0.25, 0.3) is 0 Å². The average Bonchev–Trinajstić information content (AvgIpc) is 2.86. The van der Waals surface area contributed by atoms with E-state index in [0.717, 1.165) is 16.4 Å². The molecule has 1 aromatic heterocycles. The predicted octanol–water partition coefficient (Wildman–Crippen LogP) is 2.58. The van der Waals surface area contributed by atoms with Crippen LogP contribution in [0, 0.1) is 5.82 Å². The van der Waals surface area contributed by atoms with Gasteiger partial charge in [0.2, 0.25) is 10.0 Å². The van der Waals surface area contributed by atoms with Gasteiger partial charge in [-0.3, -0.25) is 0 Å². The predicted molar refractivity (Wildman–Crippen MR) is 75.9 cm³/mol. The number of furan rings is 1. The van der Waals surface area contributed by atoms with Gasteiger partial charge in [0, 0.05) is 29.3 Å². The zero-order valence-electron chi connectivity index (χ0n) is 10.5. The topological polar surface area (TPSA) is 76.5 Å². The molecule has 0 bridgehead atoms. The van der Waals surface area contributed by atoms with Gasteiger partial charge >= 0.3 is 0 Å². The molecule has 0 amide bonds. The lowest BCUT2D eigenvalue weighted by Gasteiger charge is -2.17. The molecular weight excluding hydrogens is 351 g/mol. The molecule has 0 aliphatic carbocycles. The van der Waals surface area contributed by atoms with E-state index < -0.39 is 20.7 Å². The van der Waals surface area contributed by atoms with Crippen molar-refractivity contribution < 1.29 is 17.2 Å². The van der Waals surface area contributed by atoms with Crippen LogP contribution in [-0.4, -0.2) is 19.8 Å². The number of halogens is 2. The molecule has 2 rings (SSSR count). The number of anilines is 1. The van der Waals surface area contributed by atoms with E-state index in [-0.39, 0.29) is 12.2 Å². The van der Waals surface area contributed by atoms with E-state index in [4.69, 9.17) is 10.2 Å². The summed E-state index contributed by atoms with van der Waals surface area (Å²) in [6, 6.07) is 3.77. The quantitative estimate of drug-likeness (QED) is 0.848. The Morgan fingerprint density at radius 2 is 2.15 bits per heavy atom. The number of benzene rings is 1. The molecule has 0 aliphatic heterocycles. The molecule has 1 aromatic carbocycles. The van der Waals surface area contributed by atoms with Gasteiger partial charge in [-0.2, -0.15) is 4.31 Å². The highest BCUT2D eigenvalue weighted by molar-refractivity contribution is 9.10. The second-order valence-corrected chi connectivity index (χ2v) is 7.06. The fourth-order valence-corrected chi connectivity index (χ4v) is 3.19.